The number of fused-ring (bicyclic) bond motifs is 2. The molecule has 22 rings (SSSR count). The van der Waals surface area contributed by atoms with Crippen LogP contribution in [-0.2, 0) is 0 Å². The Labute approximate surface area is 748 Å². The van der Waals surface area contributed by atoms with E-state index in [1.165, 1.54) is 82.7 Å². The Morgan fingerprint density at radius 2 is 0.333 bits per heavy atom. The van der Waals surface area contributed by atoms with Crippen molar-refractivity contribution >= 4 is 72.7 Å². The van der Waals surface area contributed by atoms with Gasteiger partial charge in [-0.2, -0.15) is 15.0 Å². The van der Waals surface area contributed by atoms with Crippen LogP contribution in [0.15, 0.2) is 499 Å². The second kappa shape index (κ2) is 37.3. The molecule has 19 aromatic carbocycles. The van der Waals surface area contributed by atoms with Crippen molar-refractivity contribution in [3.05, 3.63) is 491 Å². The molecule has 0 bridgehead atoms. The predicted molar refractivity (Wildman–Crippen MR) is 526 cm³/mol. The van der Waals surface area contributed by atoms with Gasteiger partial charge in [-0.15, -0.1) is 0 Å². The van der Waals surface area contributed by atoms with E-state index in [-0.39, 0.29) is 0 Å². The highest BCUT2D eigenvalue weighted by Crippen LogP contribution is 2.43. The fourth-order valence-corrected chi connectivity index (χ4v) is 16.1. The van der Waals surface area contributed by atoms with Gasteiger partial charge >= 0.3 is 0 Å². The summed E-state index contributed by atoms with van der Waals surface area (Å²) in [6.45, 7) is 2.10. The molecule has 0 atom stereocenters. The van der Waals surface area contributed by atoms with E-state index in [0.29, 0.717) is 35.1 Å². The van der Waals surface area contributed by atoms with Gasteiger partial charge in [-0.3, -0.25) is 0 Å². The first-order chi connectivity index (χ1) is 63.8. The Morgan fingerprint density at radius 1 is 0.155 bits per heavy atom. The average molecular weight is 1660 g/mol. The standard InChI is InChI=1S/C46H31N3O.C38H27N3O.C33H25N3O/c1-2-10-36(11-3-1)45-47-46(50-48-45)37-22-28-44(29-23-37)49(42-24-18-34(19-25-42)40-16-14-32-8-4-6-12-38(32)30-40)43-26-20-35(21-27-43)41-17-15-33-9-5-7-13-39(33)31-41;1-4-10-28(11-5-1)30-16-22-34(23-17-30)41(35-24-18-31(19-25-35)29-12-6-2-7-13-29)36-26-20-33(21-27-36)38-39-37(40-42-38)32-14-8-3-9-15-32;1-24-12-18-29(19-13-24)36(30-20-14-26(15-21-30)25-8-4-2-5-9-25)31-22-16-28(17-23-31)33-34-32(35-37-33)27-10-6-3-7-11-27/h1-31H;1-27H;2-23H,1H3. The van der Waals surface area contributed by atoms with Crippen molar-refractivity contribution in [1.82, 2.24) is 30.4 Å². The van der Waals surface area contributed by atoms with Crippen molar-refractivity contribution in [1.29, 1.82) is 0 Å². The second-order valence-corrected chi connectivity index (χ2v) is 31.3. The lowest BCUT2D eigenvalue weighted by atomic mass is 10.00. The molecule has 0 fully saturated rings. The number of aromatic nitrogens is 6. The van der Waals surface area contributed by atoms with Crippen LogP contribution in [0.4, 0.5) is 51.2 Å². The Hall–Kier alpha value is -17.5. The fourth-order valence-electron chi connectivity index (χ4n) is 16.1. The first-order valence-electron chi connectivity index (χ1n) is 42.9. The number of aryl methyl sites for hydroxylation is 1. The monoisotopic (exact) mass is 1660 g/mol. The highest BCUT2D eigenvalue weighted by atomic mass is 16.5. The first kappa shape index (κ1) is 80.0. The number of rotatable bonds is 20. The molecule has 3 heterocycles. The van der Waals surface area contributed by atoms with E-state index in [1.807, 2.05) is 146 Å². The van der Waals surface area contributed by atoms with Crippen LogP contribution in [0.3, 0.4) is 0 Å². The lowest BCUT2D eigenvalue weighted by Crippen LogP contribution is -2.09. The molecule has 0 unspecified atom stereocenters. The molecule has 0 amide bonds. The summed E-state index contributed by atoms with van der Waals surface area (Å²) in [6.07, 6.45) is 0. The molecule has 22 aromatic rings. The highest BCUT2D eigenvalue weighted by Gasteiger charge is 2.22. The second-order valence-electron chi connectivity index (χ2n) is 31.3. The van der Waals surface area contributed by atoms with Crippen molar-refractivity contribution in [2.75, 3.05) is 14.7 Å². The van der Waals surface area contributed by atoms with Crippen LogP contribution >= 0.6 is 0 Å². The Kier molecular flexibility index (Phi) is 23.1. The summed E-state index contributed by atoms with van der Waals surface area (Å²) in [7, 11) is 0. The quantitative estimate of drug-likeness (QED) is 0.0721. The smallest absolute Gasteiger partial charge is 0.258 e. The summed E-state index contributed by atoms with van der Waals surface area (Å²) >= 11 is 0. The largest absolute Gasteiger partial charge is 0.334 e. The molecule has 614 valence electrons. The summed E-state index contributed by atoms with van der Waals surface area (Å²) in [5.74, 6) is 3.21. The van der Waals surface area contributed by atoms with E-state index < -0.39 is 0 Å². The molecule has 0 N–H and O–H groups in total. The summed E-state index contributed by atoms with van der Waals surface area (Å²) in [5.41, 5.74) is 28.0. The molecule has 129 heavy (non-hydrogen) atoms. The van der Waals surface area contributed by atoms with Crippen LogP contribution in [0.25, 0.3) is 146 Å². The minimum atomic E-state index is 0.487. The Bertz CT molecular complexity index is 7250. The van der Waals surface area contributed by atoms with Crippen LogP contribution in [0, 0.1) is 6.92 Å². The van der Waals surface area contributed by atoms with Crippen LogP contribution in [-0.4, -0.2) is 30.4 Å². The van der Waals surface area contributed by atoms with Gasteiger partial charge in [0.1, 0.15) is 0 Å². The molecule has 3 aromatic heterocycles. The van der Waals surface area contributed by atoms with Gasteiger partial charge < -0.3 is 28.3 Å². The van der Waals surface area contributed by atoms with E-state index in [9.17, 15) is 0 Å². The van der Waals surface area contributed by atoms with E-state index >= 15 is 0 Å². The van der Waals surface area contributed by atoms with Gasteiger partial charge in [0.05, 0.1) is 0 Å². The lowest BCUT2D eigenvalue weighted by molar-refractivity contribution is 0.432. The van der Waals surface area contributed by atoms with Crippen molar-refractivity contribution < 1.29 is 13.6 Å². The molecule has 0 saturated carbocycles. The predicted octanol–water partition coefficient (Wildman–Crippen LogP) is 31.6. The van der Waals surface area contributed by atoms with Crippen molar-refractivity contribution in [3.8, 4) is 124 Å². The maximum atomic E-state index is 5.66. The fraction of sp³-hybridized carbons (Fsp3) is 0.00855. The summed E-state index contributed by atoms with van der Waals surface area (Å²) in [4.78, 5) is 20.7. The first-order valence-corrected chi connectivity index (χ1v) is 42.9. The lowest BCUT2D eigenvalue weighted by Gasteiger charge is -2.26. The zero-order valence-corrected chi connectivity index (χ0v) is 70.4. The minimum Gasteiger partial charge on any atom is -0.334 e. The molecule has 0 aliphatic rings. The molecule has 0 saturated heterocycles. The van der Waals surface area contributed by atoms with Crippen molar-refractivity contribution in [3.63, 3.8) is 0 Å². The van der Waals surface area contributed by atoms with Gasteiger partial charge in [-0.05, 0) is 242 Å². The number of hydrogen-bond donors (Lipinski definition) is 0. The molecule has 12 nitrogen and oxygen atoms in total. The summed E-state index contributed by atoms with van der Waals surface area (Å²) in [5, 5.41) is 17.5. The van der Waals surface area contributed by atoms with E-state index in [4.69, 9.17) is 13.6 Å². The molecule has 0 aliphatic heterocycles. The molecule has 0 aliphatic carbocycles. The average Bonchev–Trinajstić information content (AvgIpc) is 1.50. The maximum absolute atomic E-state index is 5.66. The molecule has 0 spiro atoms. The Morgan fingerprint density at radius 3 is 0.574 bits per heavy atom. The molecule has 12 heteroatoms. The third kappa shape index (κ3) is 18.2. The number of nitrogens with zero attached hydrogens (tertiary/aromatic N) is 9. The maximum Gasteiger partial charge on any atom is 0.258 e. The number of benzene rings is 19. The van der Waals surface area contributed by atoms with E-state index in [0.717, 1.165) is 84.6 Å². The van der Waals surface area contributed by atoms with Crippen molar-refractivity contribution in [2.45, 2.75) is 6.92 Å². The Balaban J connectivity index is 0.000000123. The topological polar surface area (TPSA) is 126 Å². The van der Waals surface area contributed by atoms with Crippen molar-refractivity contribution in [2.24, 2.45) is 0 Å². The van der Waals surface area contributed by atoms with Gasteiger partial charge in [-0.1, -0.05) is 349 Å². The van der Waals surface area contributed by atoms with Gasteiger partial charge in [0.25, 0.3) is 17.7 Å². The van der Waals surface area contributed by atoms with Crippen LogP contribution in [0.2, 0.25) is 0 Å². The van der Waals surface area contributed by atoms with Gasteiger partial charge in [0, 0.05) is 84.6 Å². The van der Waals surface area contributed by atoms with Crippen LogP contribution < -0.4 is 14.7 Å². The zero-order valence-electron chi connectivity index (χ0n) is 70.4. The third-order valence-corrected chi connectivity index (χ3v) is 22.9. The van der Waals surface area contributed by atoms with Crippen LogP contribution in [0.5, 0.6) is 0 Å². The zero-order chi connectivity index (χ0) is 86.4. The third-order valence-electron chi connectivity index (χ3n) is 22.9. The molecular weight excluding hydrogens is 1580 g/mol. The number of hydrogen-bond acceptors (Lipinski definition) is 12. The normalized spacial score (nSPS) is 11.0. The summed E-state index contributed by atoms with van der Waals surface area (Å²) < 4.78 is 16.8. The summed E-state index contributed by atoms with van der Waals surface area (Å²) in [6, 6.07) is 168. The van der Waals surface area contributed by atoms with E-state index in [1.54, 1.807) is 0 Å². The SMILES string of the molecule is Cc1ccc(N(c2ccc(-c3ccccc3)cc2)c2ccc(-c3nc(-c4ccccc4)no3)cc2)cc1.c1ccc(-c2ccc(N(c3ccc(-c4ccccc4)cc3)c3ccc(-c4nc(-c5ccccc5)no4)cc3)cc2)cc1.c1ccc(-c2noc(-c3ccc(N(c4ccc(-c5ccc6ccccc6c5)cc4)c4ccc(-c5ccc6ccccc6c5)cc4)cc3)n2)cc1. The molecular formula is C117H83N9O3. The number of anilines is 9. The van der Waals surface area contributed by atoms with E-state index in [2.05, 4.69) is 392 Å². The van der Waals surface area contributed by atoms with Gasteiger partial charge in [-0.25, -0.2) is 0 Å². The minimum absolute atomic E-state index is 0.487. The van der Waals surface area contributed by atoms with Crippen LogP contribution in [0.1, 0.15) is 5.56 Å². The molecule has 0 radical (unpaired) electrons. The highest BCUT2D eigenvalue weighted by molar-refractivity contribution is 5.91. The van der Waals surface area contributed by atoms with Gasteiger partial charge in [0.15, 0.2) is 0 Å². The van der Waals surface area contributed by atoms with Gasteiger partial charge in [0.2, 0.25) is 17.5 Å².